The molecule has 0 aliphatic heterocycles. The second-order valence-corrected chi connectivity index (χ2v) is 9.67. The SMILES string of the molecule is CCCCOC[N@+]([SiH3])(C(C)c1cccc2ccccc12)C(C)(C)C. The first-order valence-electron chi connectivity index (χ1n) is 9.22. The summed E-state index contributed by atoms with van der Waals surface area (Å²) in [5, 5.41) is 2.71. The Morgan fingerprint density at radius 3 is 2.42 bits per heavy atom. The third-order valence-electron chi connectivity index (χ3n) is 5.66. The van der Waals surface area contributed by atoms with Gasteiger partial charge in [0.15, 0.2) is 6.73 Å². The number of hydrogen-bond donors (Lipinski definition) is 0. The Morgan fingerprint density at radius 1 is 1.08 bits per heavy atom. The summed E-state index contributed by atoms with van der Waals surface area (Å²) in [6.45, 7) is 13.3. The van der Waals surface area contributed by atoms with Gasteiger partial charge in [0, 0.05) is 5.56 Å². The predicted octanol–water partition coefficient (Wildman–Crippen LogP) is 4.57. The van der Waals surface area contributed by atoms with Crippen LogP contribution < -0.4 is 0 Å². The zero-order chi connectivity index (χ0) is 17.8. The summed E-state index contributed by atoms with van der Waals surface area (Å²) in [6.07, 6.45) is 2.34. The van der Waals surface area contributed by atoms with Gasteiger partial charge in [0.1, 0.15) is 0 Å². The standard InChI is InChI=1S/C21H34NOSi/c1-6-7-15-23-16-22(24,21(3,4)5)17(2)19-14-10-12-18-11-8-9-13-20(18)19/h8-14,17H,6-7,15-16H2,1-5,24H3/q+1/t17?,22-/m0/s1. The van der Waals surface area contributed by atoms with Crippen molar-refractivity contribution in [3.8, 4) is 0 Å². The van der Waals surface area contributed by atoms with Crippen LogP contribution in [-0.4, -0.2) is 33.4 Å². The van der Waals surface area contributed by atoms with Crippen molar-refractivity contribution >= 4 is 21.2 Å². The largest absolute Gasteiger partial charge is 0.358 e. The highest BCUT2D eigenvalue weighted by molar-refractivity contribution is 5.98. The molecule has 0 bridgehead atoms. The first kappa shape index (κ1) is 19.2. The average molecular weight is 345 g/mol. The van der Waals surface area contributed by atoms with Gasteiger partial charge in [0.05, 0.1) is 18.2 Å². The maximum absolute atomic E-state index is 6.13. The van der Waals surface area contributed by atoms with Crippen molar-refractivity contribution in [3.05, 3.63) is 48.0 Å². The molecule has 0 heterocycles. The average Bonchev–Trinajstić information content (AvgIpc) is 2.56. The van der Waals surface area contributed by atoms with Crippen LogP contribution in [0.3, 0.4) is 0 Å². The summed E-state index contributed by atoms with van der Waals surface area (Å²) >= 11 is 0. The molecule has 24 heavy (non-hydrogen) atoms. The van der Waals surface area contributed by atoms with Crippen LogP contribution in [0.15, 0.2) is 42.5 Å². The molecular weight excluding hydrogens is 310 g/mol. The number of fused-ring (bicyclic) bond motifs is 1. The summed E-state index contributed by atoms with van der Waals surface area (Å²) in [5.41, 5.74) is 1.60. The lowest BCUT2D eigenvalue weighted by atomic mass is 9.95. The van der Waals surface area contributed by atoms with E-state index in [0.29, 0.717) is 6.04 Å². The molecule has 0 saturated carbocycles. The number of hydrogen-bond acceptors (Lipinski definition) is 1. The quantitative estimate of drug-likeness (QED) is 0.406. The van der Waals surface area contributed by atoms with Gasteiger partial charge in [-0.25, -0.2) is 0 Å². The normalized spacial score (nSPS) is 16.2. The predicted molar refractivity (Wildman–Crippen MR) is 108 cm³/mol. The number of rotatable bonds is 7. The first-order chi connectivity index (χ1) is 11.3. The molecule has 2 aromatic rings. The molecule has 2 aromatic carbocycles. The van der Waals surface area contributed by atoms with E-state index in [-0.39, 0.29) is 5.54 Å². The lowest BCUT2D eigenvalue weighted by Gasteiger charge is -2.51. The Bertz CT molecular complexity index is 659. The van der Waals surface area contributed by atoms with Crippen molar-refractivity contribution in [2.24, 2.45) is 0 Å². The van der Waals surface area contributed by atoms with Crippen LogP contribution in [0.25, 0.3) is 10.8 Å². The third-order valence-corrected chi connectivity index (χ3v) is 8.04. The monoisotopic (exact) mass is 344 g/mol. The molecular formula is C21H34NOSi+. The van der Waals surface area contributed by atoms with E-state index in [1.807, 2.05) is 0 Å². The van der Waals surface area contributed by atoms with Gasteiger partial charge < -0.3 is 8.89 Å². The number of nitrogens with zero attached hydrogens (tertiary/aromatic N) is 1. The van der Waals surface area contributed by atoms with E-state index >= 15 is 0 Å². The summed E-state index contributed by atoms with van der Waals surface area (Å²) in [7, 11) is 1.05. The smallest absolute Gasteiger partial charge is 0.242 e. The van der Waals surface area contributed by atoms with Gasteiger partial charge in [-0.3, -0.25) is 0 Å². The van der Waals surface area contributed by atoms with Crippen LogP contribution >= 0.6 is 0 Å². The van der Waals surface area contributed by atoms with Gasteiger partial charge in [0.2, 0.25) is 10.4 Å². The van der Waals surface area contributed by atoms with E-state index in [9.17, 15) is 0 Å². The number of benzene rings is 2. The van der Waals surface area contributed by atoms with E-state index in [1.165, 1.54) is 22.8 Å². The first-order valence-corrected chi connectivity index (χ1v) is 10.1. The van der Waals surface area contributed by atoms with Gasteiger partial charge in [-0.15, -0.1) is 0 Å². The minimum Gasteiger partial charge on any atom is -0.358 e. The highest BCUT2D eigenvalue weighted by Gasteiger charge is 2.40. The topological polar surface area (TPSA) is 9.23 Å². The molecule has 1 unspecified atom stereocenters. The summed E-state index contributed by atoms with van der Waals surface area (Å²) in [5.74, 6) is 0. The van der Waals surface area contributed by atoms with Crippen LogP contribution in [0.1, 0.15) is 59.1 Å². The van der Waals surface area contributed by atoms with Crippen molar-refractivity contribution in [1.29, 1.82) is 0 Å². The van der Waals surface area contributed by atoms with Crippen molar-refractivity contribution in [2.45, 2.75) is 59.0 Å². The van der Waals surface area contributed by atoms with Crippen LogP contribution in [0.4, 0.5) is 0 Å². The molecule has 0 fully saturated rings. The van der Waals surface area contributed by atoms with Crippen LogP contribution in [0.2, 0.25) is 0 Å². The second kappa shape index (κ2) is 7.81. The molecule has 0 N–H and O–H groups in total. The Balaban J connectivity index is 2.38. The highest BCUT2D eigenvalue weighted by Crippen LogP contribution is 2.37. The molecule has 0 aromatic heterocycles. The van der Waals surface area contributed by atoms with Gasteiger partial charge in [-0.1, -0.05) is 55.8 Å². The van der Waals surface area contributed by atoms with Crippen molar-refractivity contribution in [1.82, 2.24) is 0 Å². The van der Waals surface area contributed by atoms with E-state index in [1.54, 1.807) is 0 Å². The molecule has 0 aliphatic carbocycles. The van der Waals surface area contributed by atoms with Gasteiger partial charge >= 0.3 is 0 Å². The van der Waals surface area contributed by atoms with Crippen LogP contribution in [-0.2, 0) is 4.74 Å². The zero-order valence-electron chi connectivity index (χ0n) is 16.3. The molecule has 0 radical (unpaired) electrons. The Kier molecular flexibility index (Phi) is 6.24. The van der Waals surface area contributed by atoms with Crippen molar-refractivity contribution in [2.75, 3.05) is 13.3 Å². The van der Waals surface area contributed by atoms with Crippen LogP contribution in [0, 0.1) is 0 Å². The molecule has 0 saturated heterocycles. The van der Waals surface area contributed by atoms with E-state index in [2.05, 4.69) is 77.1 Å². The molecule has 0 amide bonds. The Labute approximate surface area is 150 Å². The van der Waals surface area contributed by atoms with E-state index < -0.39 is 0 Å². The third kappa shape index (κ3) is 3.90. The molecule has 0 spiro atoms. The number of unbranched alkanes of at least 4 members (excludes halogenated alkanes) is 1. The lowest BCUT2D eigenvalue weighted by molar-refractivity contribution is -0.913. The maximum Gasteiger partial charge on any atom is 0.242 e. The summed E-state index contributed by atoms with van der Waals surface area (Å²) in [4.78, 5) is 0. The fourth-order valence-corrected chi connectivity index (χ4v) is 3.77. The second-order valence-electron chi connectivity index (χ2n) is 8.07. The molecule has 2 rings (SSSR count). The number of quaternary nitrogens is 1. The van der Waals surface area contributed by atoms with Crippen molar-refractivity contribution in [3.63, 3.8) is 0 Å². The molecule has 132 valence electrons. The Hall–Kier alpha value is -1.16. The van der Waals surface area contributed by atoms with Crippen molar-refractivity contribution < 1.29 is 8.89 Å². The Morgan fingerprint density at radius 2 is 1.75 bits per heavy atom. The minimum atomic E-state index is 0.162. The van der Waals surface area contributed by atoms with Crippen LogP contribution in [0.5, 0.6) is 0 Å². The van der Waals surface area contributed by atoms with Gasteiger partial charge in [-0.2, -0.15) is 0 Å². The number of ether oxygens (including phenoxy) is 1. The molecule has 2 atom stereocenters. The summed E-state index contributed by atoms with van der Waals surface area (Å²) < 4.78 is 7.13. The maximum atomic E-state index is 6.13. The molecule has 0 aliphatic rings. The molecule has 3 heteroatoms. The van der Waals surface area contributed by atoms with E-state index in [0.717, 1.165) is 34.3 Å². The van der Waals surface area contributed by atoms with Gasteiger partial charge in [-0.05, 0) is 44.9 Å². The fourth-order valence-electron chi connectivity index (χ4n) is 3.31. The fraction of sp³-hybridized carbons (Fsp3) is 0.524. The minimum absolute atomic E-state index is 0.162. The molecule has 2 nitrogen and oxygen atoms in total. The van der Waals surface area contributed by atoms with E-state index in [4.69, 9.17) is 4.74 Å². The highest BCUT2D eigenvalue weighted by atomic mass is 28.2. The van der Waals surface area contributed by atoms with Gasteiger partial charge in [0.25, 0.3) is 0 Å². The zero-order valence-corrected chi connectivity index (χ0v) is 18.3. The lowest BCUT2D eigenvalue weighted by Crippen LogP contribution is -2.60. The summed E-state index contributed by atoms with van der Waals surface area (Å²) in [6, 6.07) is 15.9.